The van der Waals surface area contributed by atoms with Gasteiger partial charge >= 0.3 is 0 Å². The van der Waals surface area contributed by atoms with Crippen molar-refractivity contribution in [3.05, 3.63) is 82.9 Å². The Labute approximate surface area is 186 Å². The molecule has 2 amide bonds. The van der Waals surface area contributed by atoms with Crippen LogP contribution in [0.3, 0.4) is 0 Å². The molecule has 1 aliphatic rings. The molecule has 3 N–H and O–H groups in total. The number of hydrogen-bond donors (Lipinski definition) is 2. The lowest BCUT2D eigenvalue weighted by Gasteiger charge is -2.26. The molecule has 0 aliphatic carbocycles. The van der Waals surface area contributed by atoms with Gasteiger partial charge < -0.3 is 20.4 Å². The first-order chi connectivity index (χ1) is 15.6. The summed E-state index contributed by atoms with van der Waals surface area (Å²) in [6, 6.07) is 20.2. The molecule has 32 heavy (non-hydrogen) atoms. The monoisotopic (exact) mass is 427 g/mol. The van der Waals surface area contributed by atoms with Gasteiger partial charge in [-0.1, -0.05) is 36.4 Å². The van der Waals surface area contributed by atoms with Crippen LogP contribution in [-0.2, 0) is 22.4 Å². The Morgan fingerprint density at radius 2 is 1.72 bits per heavy atom. The third-order valence-electron chi connectivity index (χ3n) is 6.01. The molecule has 2 heterocycles. The minimum atomic E-state index is -0.370. The lowest BCUT2D eigenvalue weighted by Crippen LogP contribution is -2.40. The highest BCUT2D eigenvalue weighted by molar-refractivity contribution is 6.11. The fraction of sp³-hybridized carbons (Fsp3) is 0.231. The van der Waals surface area contributed by atoms with Crippen molar-refractivity contribution in [2.45, 2.75) is 12.8 Å². The molecule has 0 spiro atoms. The number of carbonyl (C=O) groups excluding carboxylic acids is 2. The van der Waals surface area contributed by atoms with E-state index in [0.717, 1.165) is 39.4 Å². The Hall–Kier alpha value is -3.64. The first-order valence-corrected chi connectivity index (χ1v) is 10.8. The minimum absolute atomic E-state index is 0.0161. The molecular formula is C26H25N3O3. The maximum Gasteiger partial charge on any atom is 0.254 e. The molecule has 0 saturated carbocycles. The van der Waals surface area contributed by atoms with Gasteiger partial charge in [-0.2, -0.15) is 0 Å². The Morgan fingerprint density at radius 1 is 0.938 bits per heavy atom. The van der Waals surface area contributed by atoms with Crippen molar-refractivity contribution in [2.24, 2.45) is 5.73 Å². The highest BCUT2D eigenvalue weighted by Crippen LogP contribution is 2.31. The van der Waals surface area contributed by atoms with Crippen molar-refractivity contribution in [3.8, 4) is 0 Å². The number of aromatic nitrogens is 1. The predicted molar refractivity (Wildman–Crippen MR) is 125 cm³/mol. The third kappa shape index (κ3) is 3.97. The van der Waals surface area contributed by atoms with E-state index in [9.17, 15) is 9.59 Å². The number of primary amides is 1. The molecule has 1 aromatic heterocycles. The van der Waals surface area contributed by atoms with E-state index in [1.54, 1.807) is 0 Å². The largest absolute Gasteiger partial charge is 0.378 e. The zero-order valence-corrected chi connectivity index (χ0v) is 17.8. The summed E-state index contributed by atoms with van der Waals surface area (Å²) in [6.07, 6.45) is 0.910. The zero-order chi connectivity index (χ0) is 22.1. The van der Waals surface area contributed by atoms with Gasteiger partial charge in [0.15, 0.2) is 0 Å². The van der Waals surface area contributed by atoms with Crippen LogP contribution < -0.4 is 5.73 Å². The molecular weight excluding hydrogens is 402 g/mol. The van der Waals surface area contributed by atoms with Crippen LogP contribution >= 0.6 is 0 Å². The molecule has 1 aliphatic heterocycles. The summed E-state index contributed by atoms with van der Waals surface area (Å²) >= 11 is 0. The number of H-pyrrole nitrogens is 1. The standard InChI is InChI=1S/C26H25N3O3/c27-24(30)16-20-13-18(12-17-4-2-1-3-5-17)14-22-21-15-19(6-7-23(21)28-25(20)22)26(31)29-8-10-32-11-9-29/h1-7,13-15,28H,8-12,16H2,(H2,27,30). The van der Waals surface area contributed by atoms with Gasteiger partial charge in [-0.25, -0.2) is 0 Å². The number of nitrogens with zero attached hydrogens (tertiary/aromatic N) is 1. The van der Waals surface area contributed by atoms with E-state index in [-0.39, 0.29) is 18.2 Å². The quantitative estimate of drug-likeness (QED) is 0.512. The molecule has 5 rings (SSSR count). The number of carbonyl (C=O) groups is 2. The predicted octanol–water partition coefficient (Wildman–Crippen LogP) is 3.41. The Bertz CT molecular complexity index is 1300. The number of rotatable bonds is 5. The average molecular weight is 428 g/mol. The summed E-state index contributed by atoms with van der Waals surface area (Å²) in [5.41, 5.74) is 11.2. The summed E-state index contributed by atoms with van der Waals surface area (Å²) in [5.74, 6) is -0.354. The summed E-state index contributed by atoms with van der Waals surface area (Å²) < 4.78 is 5.37. The number of benzene rings is 3. The summed E-state index contributed by atoms with van der Waals surface area (Å²) in [4.78, 5) is 30.1. The van der Waals surface area contributed by atoms with Gasteiger partial charge in [0.25, 0.3) is 5.91 Å². The molecule has 3 aromatic carbocycles. The van der Waals surface area contributed by atoms with Crippen LogP contribution in [0.2, 0.25) is 0 Å². The molecule has 0 radical (unpaired) electrons. The molecule has 0 atom stereocenters. The number of amides is 2. The van der Waals surface area contributed by atoms with E-state index in [1.165, 1.54) is 5.56 Å². The first-order valence-electron chi connectivity index (χ1n) is 10.8. The normalized spacial score (nSPS) is 14.2. The van der Waals surface area contributed by atoms with Crippen LogP contribution in [0.5, 0.6) is 0 Å². The topological polar surface area (TPSA) is 88.4 Å². The maximum atomic E-state index is 13.0. The maximum absolute atomic E-state index is 13.0. The lowest BCUT2D eigenvalue weighted by atomic mass is 9.97. The lowest BCUT2D eigenvalue weighted by molar-refractivity contribution is -0.117. The van der Waals surface area contributed by atoms with Crippen molar-refractivity contribution in [3.63, 3.8) is 0 Å². The average Bonchev–Trinajstić information content (AvgIpc) is 3.18. The van der Waals surface area contributed by atoms with Gasteiger partial charge in [0.05, 0.1) is 25.2 Å². The Morgan fingerprint density at radius 3 is 2.47 bits per heavy atom. The Balaban J connectivity index is 1.61. The molecule has 4 aromatic rings. The number of aromatic amines is 1. The van der Waals surface area contributed by atoms with Crippen LogP contribution in [0.25, 0.3) is 21.8 Å². The molecule has 0 bridgehead atoms. The van der Waals surface area contributed by atoms with Crippen LogP contribution in [0.15, 0.2) is 60.7 Å². The van der Waals surface area contributed by atoms with E-state index < -0.39 is 0 Å². The van der Waals surface area contributed by atoms with E-state index in [4.69, 9.17) is 10.5 Å². The van der Waals surface area contributed by atoms with Crippen LogP contribution in [0.1, 0.15) is 27.0 Å². The van der Waals surface area contributed by atoms with Crippen molar-refractivity contribution in [2.75, 3.05) is 26.3 Å². The summed E-state index contributed by atoms with van der Waals surface area (Å²) in [6.45, 7) is 2.35. The fourth-order valence-corrected chi connectivity index (χ4v) is 4.48. The number of fused-ring (bicyclic) bond motifs is 3. The zero-order valence-electron chi connectivity index (χ0n) is 17.8. The number of nitrogens with two attached hydrogens (primary N) is 1. The van der Waals surface area contributed by atoms with Crippen LogP contribution in [0, 0.1) is 0 Å². The van der Waals surface area contributed by atoms with Crippen molar-refractivity contribution >= 4 is 33.6 Å². The molecule has 0 unspecified atom stereocenters. The van der Waals surface area contributed by atoms with Gasteiger partial charge in [0.1, 0.15) is 0 Å². The molecule has 6 nitrogen and oxygen atoms in total. The van der Waals surface area contributed by atoms with Gasteiger partial charge in [-0.05, 0) is 47.4 Å². The van der Waals surface area contributed by atoms with Gasteiger partial charge in [-0.15, -0.1) is 0 Å². The fourth-order valence-electron chi connectivity index (χ4n) is 4.48. The molecule has 1 saturated heterocycles. The summed E-state index contributed by atoms with van der Waals surface area (Å²) in [7, 11) is 0. The number of ether oxygens (including phenoxy) is 1. The van der Waals surface area contributed by atoms with Crippen molar-refractivity contribution in [1.29, 1.82) is 0 Å². The van der Waals surface area contributed by atoms with Gasteiger partial charge in [0, 0.05) is 34.9 Å². The third-order valence-corrected chi connectivity index (χ3v) is 6.01. The van der Waals surface area contributed by atoms with Crippen LogP contribution in [-0.4, -0.2) is 48.0 Å². The van der Waals surface area contributed by atoms with E-state index in [1.807, 2.05) is 41.3 Å². The van der Waals surface area contributed by atoms with Crippen molar-refractivity contribution in [1.82, 2.24) is 9.88 Å². The highest BCUT2D eigenvalue weighted by atomic mass is 16.5. The highest BCUT2D eigenvalue weighted by Gasteiger charge is 2.20. The molecule has 1 fully saturated rings. The molecule has 6 heteroatoms. The first kappa shape index (κ1) is 20.3. The van der Waals surface area contributed by atoms with E-state index in [2.05, 4.69) is 29.2 Å². The van der Waals surface area contributed by atoms with E-state index >= 15 is 0 Å². The van der Waals surface area contributed by atoms with Crippen molar-refractivity contribution < 1.29 is 14.3 Å². The van der Waals surface area contributed by atoms with Gasteiger partial charge in [-0.3, -0.25) is 9.59 Å². The van der Waals surface area contributed by atoms with E-state index in [0.29, 0.717) is 31.9 Å². The number of morpholine rings is 1. The minimum Gasteiger partial charge on any atom is -0.378 e. The van der Waals surface area contributed by atoms with Crippen LogP contribution in [0.4, 0.5) is 0 Å². The number of hydrogen-bond acceptors (Lipinski definition) is 3. The van der Waals surface area contributed by atoms with Gasteiger partial charge in [0.2, 0.25) is 5.91 Å². The smallest absolute Gasteiger partial charge is 0.254 e. The number of nitrogens with one attached hydrogen (secondary N) is 1. The SMILES string of the molecule is NC(=O)Cc1cc(Cc2ccccc2)cc2c1[nH]c1ccc(C(=O)N3CCOCC3)cc12. The second kappa shape index (κ2) is 8.48. The Kier molecular flexibility index (Phi) is 5.37. The second-order valence-corrected chi connectivity index (χ2v) is 8.27. The second-order valence-electron chi connectivity index (χ2n) is 8.27. The molecule has 162 valence electrons. The summed E-state index contributed by atoms with van der Waals surface area (Å²) in [5, 5.41) is 1.97.